The Morgan fingerprint density at radius 1 is 1.32 bits per heavy atom. The maximum Gasteiger partial charge on any atom is 0.326 e. The third kappa shape index (κ3) is 7.97. The van der Waals surface area contributed by atoms with E-state index in [9.17, 15) is 9.59 Å². The van der Waals surface area contributed by atoms with Crippen LogP contribution in [0.15, 0.2) is 0 Å². The zero-order chi connectivity index (χ0) is 15.1. The number of hydrogen-bond acceptors (Lipinski definition) is 3. The zero-order valence-corrected chi connectivity index (χ0v) is 13.3. The summed E-state index contributed by atoms with van der Waals surface area (Å²) in [5.41, 5.74) is 0.109. The van der Waals surface area contributed by atoms with Crippen molar-refractivity contribution in [2.75, 3.05) is 18.6 Å². The Labute approximate surface area is 119 Å². The van der Waals surface area contributed by atoms with Crippen LogP contribution in [0.4, 0.5) is 4.79 Å². The smallest absolute Gasteiger partial charge is 0.326 e. The molecule has 0 spiro atoms. The largest absolute Gasteiger partial charge is 0.480 e. The summed E-state index contributed by atoms with van der Waals surface area (Å²) in [6.45, 7) is 8.91. The minimum atomic E-state index is -0.993. The van der Waals surface area contributed by atoms with Gasteiger partial charge in [0.1, 0.15) is 6.04 Å². The number of hydrogen-bond donors (Lipinski definition) is 3. The van der Waals surface area contributed by atoms with Crippen LogP contribution in [0.1, 0.15) is 34.1 Å². The summed E-state index contributed by atoms with van der Waals surface area (Å²) in [5, 5.41) is 14.2. The molecule has 0 fully saturated rings. The van der Waals surface area contributed by atoms with E-state index < -0.39 is 18.0 Å². The molecule has 0 saturated carbocycles. The van der Waals surface area contributed by atoms with E-state index in [0.29, 0.717) is 24.6 Å². The number of amides is 2. The molecule has 3 N–H and O–H groups in total. The van der Waals surface area contributed by atoms with Crippen LogP contribution < -0.4 is 10.6 Å². The van der Waals surface area contributed by atoms with Crippen LogP contribution in [0, 0.1) is 11.3 Å². The van der Waals surface area contributed by atoms with E-state index in [0.717, 1.165) is 0 Å². The first-order valence-electron chi connectivity index (χ1n) is 6.44. The van der Waals surface area contributed by atoms with Crippen LogP contribution in [-0.2, 0) is 4.79 Å². The van der Waals surface area contributed by atoms with Crippen LogP contribution >= 0.6 is 11.8 Å². The van der Waals surface area contributed by atoms with Crippen LogP contribution in [0.25, 0.3) is 0 Å². The molecule has 0 aliphatic rings. The van der Waals surface area contributed by atoms with Crippen molar-refractivity contribution in [3.05, 3.63) is 0 Å². The Bertz CT molecular complexity index is 303. The fraction of sp³-hybridized carbons (Fsp3) is 0.846. The Kier molecular flexibility index (Phi) is 7.90. The molecule has 0 heterocycles. The molecule has 1 unspecified atom stereocenters. The quantitative estimate of drug-likeness (QED) is 0.671. The highest BCUT2D eigenvalue weighted by atomic mass is 32.2. The van der Waals surface area contributed by atoms with E-state index in [1.54, 1.807) is 11.8 Å². The molecule has 0 rings (SSSR count). The van der Waals surface area contributed by atoms with E-state index in [2.05, 4.69) is 38.3 Å². The molecule has 0 saturated heterocycles. The first-order valence-corrected chi connectivity index (χ1v) is 7.84. The number of carboxylic acids is 1. The lowest BCUT2D eigenvalue weighted by atomic mass is 9.82. The van der Waals surface area contributed by atoms with Gasteiger partial charge in [0.25, 0.3) is 0 Å². The van der Waals surface area contributed by atoms with Crippen molar-refractivity contribution >= 4 is 23.8 Å². The standard InChI is InChI=1S/C13H26N2O3S/c1-9(13(2,3)4)8-14-12(18)15-10(11(16)17)6-7-19-5/h9-10H,6-8H2,1-5H3,(H,16,17)(H2,14,15,18)/t9?,10-/m1/s1. The van der Waals surface area contributed by atoms with Crippen molar-refractivity contribution in [2.24, 2.45) is 11.3 Å². The first-order chi connectivity index (χ1) is 8.68. The van der Waals surface area contributed by atoms with Gasteiger partial charge in [-0.2, -0.15) is 11.8 Å². The normalized spacial score (nSPS) is 14.6. The van der Waals surface area contributed by atoms with Gasteiger partial charge < -0.3 is 15.7 Å². The molecule has 5 nitrogen and oxygen atoms in total. The number of aliphatic carboxylic acids is 1. The second kappa shape index (κ2) is 8.30. The Balaban J connectivity index is 4.17. The molecular formula is C13H26N2O3S. The highest BCUT2D eigenvalue weighted by molar-refractivity contribution is 7.98. The van der Waals surface area contributed by atoms with Gasteiger partial charge in [-0.1, -0.05) is 27.7 Å². The SMILES string of the molecule is CSCC[C@@H](NC(=O)NCC(C)C(C)(C)C)C(=O)O. The minimum absolute atomic E-state index is 0.109. The molecule has 2 atom stereocenters. The Morgan fingerprint density at radius 2 is 1.89 bits per heavy atom. The second-order valence-electron chi connectivity index (χ2n) is 5.79. The van der Waals surface area contributed by atoms with Crippen molar-refractivity contribution < 1.29 is 14.7 Å². The van der Waals surface area contributed by atoms with Crippen LogP contribution in [0.3, 0.4) is 0 Å². The summed E-state index contributed by atoms with van der Waals surface area (Å²) in [6.07, 6.45) is 2.34. The van der Waals surface area contributed by atoms with Crippen LogP contribution in [0.5, 0.6) is 0 Å². The summed E-state index contributed by atoms with van der Waals surface area (Å²) in [6, 6.07) is -1.23. The third-order valence-electron chi connectivity index (χ3n) is 3.26. The fourth-order valence-corrected chi connectivity index (χ4v) is 1.73. The van der Waals surface area contributed by atoms with Gasteiger partial charge in [0.2, 0.25) is 0 Å². The van der Waals surface area contributed by atoms with Gasteiger partial charge in [0.15, 0.2) is 0 Å². The number of thioether (sulfide) groups is 1. The molecule has 0 aromatic rings. The van der Waals surface area contributed by atoms with Gasteiger partial charge in [-0.15, -0.1) is 0 Å². The van der Waals surface area contributed by atoms with E-state index in [4.69, 9.17) is 5.11 Å². The van der Waals surface area contributed by atoms with E-state index in [-0.39, 0.29) is 5.41 Å². The maximum atomic E-state index is 11.7. The summed E-state index contributed by atoms with van der Waals surface area (Å²) in [5.74, 6) is 0.0242. The monoisotopic (exact) mass is 290 g/mol. The van der Waals surface area contributed by atoms with Gasteiger partial charge in [0.05, 0.1) is 0 Å². The summed E-state index contributed by atoms with van der Waals surface area (Å²) in [7, 11) is 0. The molecule has 0 aromatic carbocycles. The molecule has 2 amide bonds. The number of carbonyl (C=O) groups excluding carboxylic acids is 1. The van der Waals surface area contributed by atoms with Crippen LogP contribution in [0.2, 0.25) is 0 Å². The summed E-state index contributed by atoms with van der Waals surface area (Å²) in [4.78, 5) is 22.6. The number of rotatable bonds is 7. The predicted octanol–water partition coefficient (Wildman–Crippen LogP) is 2.17. The summed E-state index contributed by atoms with van der Waals surface area (Å²) < 4.78 is 0. The van der Waals surface area contributed by atoms with Gasteiger partial charge in [-0.05, 0) is 29.8 Å². The van der Waals surface area contributed by atoms with Crippen molar-refractivity contribution in [3.63, 3.8) is 0 Å². The summed E-state index contributed by atoms with van der Waals surface area (Å²) >= 11 is 1.56. The van der Waals surface area contributed by atoms with Crippen molar-refractivity contribution in [3.8, 4) is 0 Å². The molecule has 0 radical (unpaired) electrons. The molecule has 19 heavy (non-hydrogen) atoms. The van der Waals surface area contributed by atoms with E-state index in [1.807, 2.05) is 6.26 Å². The van der Waals surface area contributed by atoms with Crippen molar-refractivity contribution in [1.82, 2.24) is 10.6 Å². The van der Waals surface area contributed by atoms with Gasteiger partial charge in [-0.3, -0.25) is 0 Å². The van der Waals surface area contributed by atoms with Crippen LogP contribution in [-0.4, -0.2) is 41.7 Å². The fourth-order valence-electron chi connectivity index (χ4n) is 1.25. The number of nitrogens with one attached hydrogen (secondary N) is 2. The lowest BCUT2D eigenvalue weighted by Gasteiger charge is -2.27. The molecule has 112 valence electrons. The van der Waals surface area contributed by atoms with Crippen molar-refractivity contribution in [1.29, 1.82) is 0 Å². The number of carbonyl (C=O) groups is 2. The molecule has 0 aromatic heterocycles. The average Bonchev–Trinajstić information content (AvgIpc) is 2.29. The Hall–Kier alpha value is -0.910. The Morgan fingerprint density at radius 3 is 2.32 bits per heavy atom. The van der Waals surface area contributed by atoms with E-state index >= 15 is 0 Å². The lowest BCUT2D eigenvalue weighted by molar-refractivity contribution is -0.139. The number of urea groups is 1. The minimum Gasteiger partial charge on any atom is -0.480 e. The topological polar surface area (TPSA) is 78.4 Å². The molecule has 0 bridgehead atoms. The second-order valence-corrected chi connectivity index (χ2v) is 6.78. The first kappa shape index (κ1) is 18.1. The third-order valence-corrected chi connectivity index (χ3v) is 3.91. The molecule has 0 aliphatic carbocycles. The van der Waals surface area contributed by atoms with Crippen molar-refractivity contribution in [2.45, 2.75) is 40.2 Å². The van der Waals surface area contributed by atoms with Gasteiger partial charge in [-0.25, -0.2) is 9.59 Å². The molecule has 0 aliphatic heterocycles. The van der Waals surface area contributed by atoms with Gasteiger partial charge in [0, 0.05) is 6.54 Å². The number of carboxylic acid groups (broad SMARTS) is 1. The highest BCUT2D eigenvalue weighted by Crippen LogP contribution is 2.24. The maximum absolute atomic E-state index is 11.7. The zero-order valence-electron chi connectivity index (χ0n) is 12.4. The highest BCUT2D eigenvalue weighted by Gasteiger charge is 2.22. The molecule has 6 heteroatoms. The van der Waals surface area contributed by atoms with Gasteiger partial charge >= 0.3 is 12.0 Å². The average molecular weight is 290 g/mol. The molecular weight excluding hydrogens is 264 g/mol. The van der Waals surface area contributed by atoms with E-state index in [1.165, 1.54) is 0 Å². The lowest BCUT2D eigenvalue weighted by Crippen LogP contribution is -2.47. The predicted molar refractivity (Wildman–Crippen MR) is 79.6 cm³/mol.